The third-order valence-corrected chi connectivity index (χ3v) is 3.41. The lowest BCUT2D eigenvalue weighted by molar-refractivity contribution is -0.138. The van der Waals surface area contributed by atoms with Crippen LogP contribution in [0.1, 0.15) is 18.9 Å². The first-order valence-electron chi connectivity index (χ1n) is 7.25. The predicted octanol–water partition coefficient (Wildman–Crippen LogP) is 1.58. The van der Waals surface area contributed by atoms with Crippen molar-refractivity contribution in [2.24, 2.45) is 0 Å². The average molecular weight is 325 g/mol. The molecule has 7 nitrogen and oxygen atoms in total. The van der Waals surface area contributed by atoms with Gasteiger partial charge in [0, 0.05) is 13.1 Å². The highest BCUT2D eigenvalue weighted by Crippen LogP contribution is 2.38. The maximum Gasteiger partial charge on any atom is 0.305 e. The van der Waals surface area contributed by atoms with Gasteiger partial charge in [-0.15, -0.1) is 0 Å². The number of carbonyl (C=O) groups excluding carboxylic acids is 1. The van der Waals surface area contributed by atoms with Gasteiger partial charge in [0.1, 0.15) is 0 Å². The highest BCUT2D eigenvalue weighted by Gasteiger charge is 2.18. The summed E-state index contributed by atoms with van der Waals surface area (Å²) < 4.78 is 15.8. The van der Waals surface area contributed by atoms with Gasteiger partial charge in [0.05, 0.1) is 34.2 Å². The summed E-state index contributed by atoms with van der Waals surface area (Å²) in [6.45, 7) is 2.46. The molecule has 0 aromatic heterocycles. The maximum absolute atomic E-state index is 12.3. The molecule has 1 rings (SSSR count). The smallest absolute Gasteiger partial charge is 0.305 e. The van der Waals surface area contributed by atoms with Crippen LogP contribution in [0.15, 0.2) is 12.1 Å². The molecule has 0 saturated carbocycles. The lowest BCUT2D eigenvalue weighted by Gasteiger charge is -2.20. The fraction of sp³-hybridized carbons (Fsp3) is 0.500. The molecule has 0 heterocycles. The van der Waals surface area contributed by atoms with Crippen LogP contribution in [0.3, 0.4) is 0 Å². The third-order valence-electron chi connectivity index (χ3n) is 3.41. The van der Waals surface area contributed by atoms with Crippen LogP contribution in [-0.2, 0) is 16.0 Å². The number of likely N-dealkylation sites (N-methyl/N-ethyl adjacent to an activating group) is 1. The first-order chi connectivity index (χ1) is 11.0. The summed E-state index contributed by atoms with van der Waals surface area (Å²) in [6, 6.07) is 3.43. The Morgan fingerprint density at radius 3 is 2.04 bits per heavy atom. The van der Waals surface area contributed by atoms with E-state index in [1.165, 1.54) is 26.2 Å². The van der Waals surface area contributed by atoms with Crippen LogP contribution in [0.5, 0.6) is 17.2 Å². The van der Waals surface area contributed by atoms with Gasteiger partial charge >= 0.3 is 5.97 Å². The first-order valence-corrected chi connectivity index (χ1v) is 7.25. The topological polar surface area (TPSA) is 85.3 Å². The first kappa shape index (κ1) is 18.6. The number of hydrogen-bond acceptors (Lipinski definition) is 5. The van der Waals surface area contributed by atoms with Gasteiger partial charge in [-0.2, -0.15) is 0 Å². The maximum atomic E-state index is 12.3. The fourth-order valence-electron chi connectivity index (χ4n) is 2.21. The minimum absolute atomic E-state index is 0.0746. The van der Waals surface area contributed by atoms with E-state index in [-0.39, 0.29) is 25.3 Å². The summed E-state index contributed by atoms with van der Waals surface area (Å²) in [6.07, 6.45) is 0.0546. The average Bonchev–Trinajstić information content (AvgIpc) is 2.53. The van der Waals surface area contributed by atoms with Crippen molar-refractivity contribution in [3.05, 3.63) is 17.7 Å². The molecule has 1 amide bonds. The largest absolute Gasteiger partial charge is 0.493 e. The molecule has 1 N–H and O–H groups in total. The van der Waals surface area contributed by atoms with Crippen LogP contribution >= 0.6 is 0 Å². The molecule has 0 spiro atoms. The second-order valence-corrected chi connectivity index (χ2v) is 4.83. The van der Waals surface area contributed by atoms with Crippen LogP contribution in [0, 0.1) is 0 Å². The van der Waals surface area contributed by atoms with Crippen molar-refractivity contribution in [3.63, 3.8) is 0 Å². The van der Waals surface area contributed by atoms with E-state index < -0.39 is 5.97 Å². The van der Waals surface area contributed by atoms with Crippen LogP contribution in [0.25, 0.3) is 0 Å². The second kappa shape index (κ2) is 8.87. The number of carboxylic acids is 1. The summed E-state index contributed by atoms with van der Waals surface area (Å²) in [5, 5.41) is 8.74. The molecule has 1 aromatic carbocycles. The third kappa shape index (κ3) is 5.05. The molecular formula is C16H23NO6. The van der Waals surface area contributed by atoms with Crippen molar-refractivity contribution in [3.8, 4) is 17.2 Å². The van der Waals surface area contributed by atoms with E-state index in [0.29, 0.717) is 29.4 Å². The molecule has 0 radical (unpaired) electrons. The molecule has 0 bridgehead atoms. The van der Waals surface area contributed by atoms with E-state index in [9.17, 15) is 9.59 Å². The number of carboxylic acid groups (broad SMARTS) is 1. The SMILES string of the molecule is CCN(CCC(=O)O)C(=O)Cc1cc(OC)c(OC)c(OC)c1. The van der Waals surface area contributed by atoms with Gasteiger partial charge in [-0.25, -0.2) is 0 Å². The Balaban J connectivity index is 2.94. The monoisotopic (exact) mass is 325 g/mol. The van der Waals surface area contributed by atoms with E-state index in [1.54, 1.807) is 12.1 Å². The Hall–Kier alpha value is -2.44. The Morgan fingerprint density at radius 2 is 1.65 bits per heavy atom. The van der Waals surface area contributed by atoms with Crippen LogP contribution in [-0.4, -0.2) is 56.3 Å². The number of amides is 1. The van der Waals surface area contributed by atoms with Gasteiger partial charge in [0.2, 0.25) is 11.7 Å². The molecular weight excluding hydrogens is 302 g/mol. The number of ether oxygens (including phenoxy) is 3. The number of rotatable bonds is 9. The summed E-state index contributed by atoms with van der Waals surface area (Å²) in [5.41, 5.74) is 0.707. The summed E-state index contributed by atoms with van der Waals surface area (Å²) in [4.78, 5) is 24.5. The van der Waals surface area contributed by atoms with Gasteiger partial charge < -0.3 is 24.2 Å². The minimum Gasteiger partial charge on any atom is -0.493 e. The van der Waals surface area contributed by atoms with Crippen molar-refractivity contribution in [1.29, 1.82) is 0 Å². The van der Waals surface area contributed by atoms with Gasteiger partial charge in [0.25, 0.3) is 0 Å². The molecule has 7 heteroatoms. The molecule has 0 aliphatic carbocycles. The summed E-state index contributed by atoms with van der Waals surface area (Å²) in [7, 11) is 4.53. The quantitative estimate of drug-likeness (QED) is 0.742. The van der Waals surface area contributed by atoms with E-state index in [4.69, 9.17) is 19.3 Å². The number of methoxy groups -OCH3 is 3. The molecule has 0 aliphatic rings. The zero-order chi connectivity index (χ0) is 17.4. The number of benzene rings is 1. The predicted molar refractivity (Wildman–Crippen MR) is 84.3 cm³/mol. The van der Waals surface area contributed by atoms with Gasteiger partial charge in [-0.05, 0) is 24.6 Å². The number of carbonyl (C=O) groups is 2. The Labute approximate surface area is 135 Å². The van der Waals surface area contributed by atoms with E-state index >= 15 is 0 Å². The van der Waals surface area contributed by atoms with Crippen molar-refractivity contribution in [2.45, 2.75) is 19.8 Å². The molecule has 0 atom stereocenters. The van der Waals surface area contributed by atoms with E-state index in [1.807, 2.05) is 6.92 Å². The van der Waals surface area contributed by atoms with Crippen LogP contribution in [0.2, 0.25) is 0 Å². The van der Waals surface area contributed by atoms with Gasteiger partial charge in [0.15, 0.2) is 11.5 Å². The zero-order valence-electron chi connectivity index (χ0n) is 13.9. The highest BCUT2D eigenvalue weighted by atomic mass is 16.5. The molecule has 128 valence electrons. The Morgan fingerprint density at radius 1 is 1.09 bits per heavy atom. The summed E-state index contributed by atoms with van der Waals surface area (Å²) in [5.74, 6) is 0.336. The Kier molecular flexibility index (Phi) is 7.18. The lowest BCUT2D eigenvalue weighted by atomic mass is 10.1. The molecule has 0 aliphatic heterocycles. The van der Waals surface area contributed by atoms with Crippen molar-refractivity contribution in [2.75, 3.05) is 34.4 Å². The van der Waals surface area contributed by atoms with Gasteiger partial charge in [-0.1, -0.05) is 0 Å². The number of hydrogen-bond donors (Lipinski definition) is 1. The van der Waals surface area contributed by atoms with Crippen molar-refractivity contribution < 1.29 is 28.9 Å². The number of aliphatic carboxylic acids is 1. The fourth-order valence-corrected chi connectivity index (χ4v) is 2.21. The molecule has 0 saturated heterocycles. The molecule has 1 aromatic rings. The molecule has 0 fully saturated rings. The van der Waals surface area contributed by atoms with Gasteiger partial charge in [-0.3, -0.25) is 9.59 Å². The Bertz CT molecular complexity index is 532. The van der Waals surface area contributed by atoms with Crippen LogP contribution < -0.4 is 14.2 Å². The second-order valence-electron chi connectivity index (χ2n) is 4.83. The standard InChI is InChI=1S/C16H23NO6/c1-5-17(7-6-15(19)20)14(18)10-11-8-12(21-2)16(23-4)13(9-11)22-3/h8-9H,5-7,10H2,1-4H3,(H,19,20). The molecule has 23 heavy (non-hydrogen) atoms. The molecule has 0 unspecified atom stereocenters. The van der Waals surface area contributed by atoms with E-state index in [2.05, 4.69) is 0 Å². The lowest BCUT2D eigenvalue weighted by Crippen LogP contribution is -2.34. The minimum atomic E-state index is -0.927. The van der Waals surface area contributed by atoms with E-state index in [0.717, 1.165) is 0 Å². The normalized spacial score (nSPS) is 10.1. The highest BCUT2D eigenvalue weighted by molar-refractivity contribution is 5.80. The van der Waals surface area contributed by atoms with Crippen molar-refractivity contribution >= 4 is 11.9 Å². The summed E-state index contributed by atoms with van der Waals surface area (Å²) >= 11 is 0. The number of nitrogens with zero attached hydrogens (tertiary/aromatic N) is 1. The zero-order valence-corrected chi connectivity index (χ0v) is 13.9. The van der Waals surface area contributed by atoms with Crippen LogP contribution in [0.4, 0.5) is 0 Å². The van der Waals surface area contributed by atoms with Crippen molar-refractivity contribution in [1.82, 2.24) is 4.90 Å².